The molecule has 1 atom stereocenters. The fourth-order valence-corrected chi connectivity index (χ4v) is 5.76. The van der Waals surface area contributed by atoms with Crippen LogP contribution in [0, 0.1) is 13.8 Å². The Morgan fingerprint density at radius 1 is 0.850 bits per heavy atom. The zero-order valence-corrected chi connectivity index (χ0v) is 24.9. The maximum Gasteiger partial charge on any atom is 0.243 e. The van der Waals surface area contributed by atoms with E-state index in [-0.39, 0.29) is 37.4 Å². The van der Waals surface area contributed by atoms with E-state index in [1.807, 2.05) is 107 Å². The van der Waals surface area contributed by atoms with Crippen LogP contribution in [0.5, 0.6) is 0 Å². The lowest BCUT2D eigenvalue weighted by atomic mass is 10.0. The molecule has 7 nitrogen and oxygen atoms in total. The lowest BCUT2D eigenvalue weighted by molar-refractivity contribution is -0.141. The van der Waals surface area contributed by atoms with Crippen molar-refractivity contribution in [1.29, 1.82) is 0 Å². The summed E-state index contributed by atoms with van der Waals surface area (Å²) in [5.41, 5.74) is 4.39. The maximum atomic E-state index is 13.8. The monoisotopic (exact) mass is 563 g/mol. The van der Waals surface area contributed by atoms with E-state index in [0.717, 1.165) is 22.3 Å². The van der Waals surface area contributed by atoms with Gasteiger partial charge in [0.2, 0.25) is 21.8 Å². The van der Waals surface area contributed by atoms with Gasteiger partial charge in [0.25, 0.3) is 0 Å². The van der Waals surface area contributed by atoms with Gasteiger partial charge in [0.15, 0.2) is 0 Å². The van der Waals surface area contributed by atoms with Crippen LogP contribution in [0.25, 0.3) is 0 Å². The highest BCUT2D eigenvalue weighted by Gasteiger charge is 2.31. The number of carbonyl (C=O) groups is 2. The van der Waals surface area contributed by atoms with E-state index >= 15 is 0 Å². The van der Waals surface area contributed by atoms with Gasteiger partial charge in [-0.2, -0.15) is 0 Å². The standard InChI is InChI=1S/C32H41N3O4S/c1-24(2)33-32(37)30(22-27-13-8-6-9-14-27)34(23-28-15-10-7-11-16-28)31(36)17-12-18-35(40(5,38)39)29-20-25(3)19-26(4)21-29/h6-11,13-16,19-21,24,30H,12,17-18,22-23H2,1-5H3,(H,33,37). The minimum atomic E-state index is -3.56. The third-order valence-electron chi connectivity index (χ3n) is 6.54. The van der Waals surface area contributed by atoms with E-state index in [0.29, 0.717) is 18.5 Å². The van der Waals surface area contributed by atoms with Crippen LogP contribution in [0.15, 0.2) is 78.9 Å². The highest BCUT2D eigenvalue weighted by Crippen LogP contribution is 2.23. The number of sulfonamides is 1. The van der Waals surface area contributed by atoms with E-state index in [4.69, 9.17) is 0 Å². The van der Waals surface area contributed by atoms with E-state index in [9.17, 15) is 18.0 Å². The number of benzene rings is 3. The minimum absolute atomic E-state index is 0.0828. The smallest absolute Gasteiger partial charge is 0.243 e. The fraction of sp³-hybridized carbons (Fsp3) is 0.375. The van der Waals surface area contributed by atoms with E-state index in [1.54, 1.807) is 4.90 Å². The molecule has 2 amide bonds. The Balaban J connectivity index is 1.87. The van der Waals surface area contributed by atoms with Gasteiger partial charge < -0.3 is 10.2 Å². The summed E-state index contributed by atoms with van der Waals surface area (Å²) in [6.45, 7) is 8.08. The molecule has 0 aliphatic heterocycles. The first-order valence-electron chi connectivity index (χ1n) is 13.7. The SMILES string of the molecule is Cc1cc(C)cc(N(CCCC(=O)N(Cc2ccccc2)C(Cc2ccccc2)C(=O)NC(C)C)S(C)(=O)=O)c1. The first-order valence-corrected chi connectivity index (χ1v) is 15.5. The van der Waals surface area contributed by atoms with Gasteiger partial charge in [-0.3, -0.25) is 13.9 Å². The summed E-state index contributed by atoms with van der Waals surface area (Å²) in [6.07, 6.45) is 1.97. The Labute approximate surface area is 239 Å². The molecule has 0 spiro atoms. The molecule has 0 radical (unpaired) electrons. The van der Waals surface area contributed by atoms with Crippen LogP contribution in [0.1, 0.15) is 48.9 Å². The number of nitrogens with one attached hydrogen (secondary N) is 1. The van der Waals surface area contributed by atoms with Crippen LogP contribution in [0.4, 0.5) is 5.69 Å². The first kappa shape index (κ1) is 30.9. The average molecular weight is 564 g/mol. The molecule has 214 valence electrons. The third kappa shape index (κ3) is 9.23. The first-order chi connectivity index (χ1) is 18.9. The van der Waals surface area contributed by atoms with Crippen molar-refractivity contribution in [2.24, 2.45) is 0 Å². The van der Waals surface area contributed by atoms with Crippen LogP contribution in [0.2, 0.25) is 0 Å². The van der Waals surface area contributed by atoms with Crippen molar-refractivity contribution < 1.29 is 18.0 Å². The van der Waals surface area contributed by atoms with Crippen molar-refractivity contribution in [3.63, 3.8) is 0 Å². The number of aryl methyl sites for hydroxylation is 2. The van der Waals surface area contributed by atoms with Crippen molar-refractivity contribution in [3.05, 3.63) is 101 Å². The van der Waals surface area contributed by atoms with Gasteiger partial charge in [0, 0.05) is 32.0 Å². The highest BCUT2D eigenvalue weighted by atomic mass is 32.2. The van der Waals surface area contributed by atoms with E-state index in [1.165, 1.54) is 10.6 Å². The van der Waals surface area contributed by atoms with Crippen LogP contribution in [-0.2, 0) is 32.6 Å². The van der Waals surface area contributed by atoms with Gasteiger partial charge in [0.1, 0.15) is 6.04 Å². The molecular weight excluding hydrogens is 522 g/mol. The molecule has 0 heterocycles. The van der Waals surface area contributed by atoms with Crippen LogP contribution in [0.3, 0.4) is 0 Å². The molecule has 0 bridgehead atoms. The van der Waals surface area contributed by atoms with Gasteiger partial charge in [-0.05, 0) is 68.5 Å². The van der Waals surface area contributed by atoms with Gasteiger partial charge in [-0.15, -0.1) is 0 Å². The minimum Gasteiger partial charge on any atom is -0.352 e. The molecule has 3 rings (SSSR count). The number of amides is 2. The fourth-order valence-electron chi connectivity index (χ4n) is 4.81. The molecule has 0 aliphatic rings. The van der Waals surface area contributed by atoms with E-state index in [2.05, 4.69) is 5.32 Å². The largest absolute Gasteiger partial charge is 0.352 e. The predicted molar refractivity (Wildman–Crippen MR) is 162 cm³/mol. The summed E-state index contributed by atoms with van der Waals surface area (Å²) in [6, 6.07) is 24.1. The predicted octanol–water partition coefficient (Wildman–Crippen LogP) is 5.01. The van der Waals surface area contributed by atoms with Crippen molar-refractivity contribution in [1.82, 2.24) is 10.2 Å². The normalized spacial score (nSPS) is 12.2. The topological polar surface area (TPSA) is 86.8 Å². The van der Waals surface area contributed by atoms with Gasteiger partial charge in [-0.1, -0.05) is 66.7 Å². The molecule has 40 heavy (non-hydrogen) atoms. The van der Waals surface area contributed by atoms with Crippen molar-refractivity contribution >= 4 is 27.5 Å². The molecular formula is C32H41N3O4S. The van der Waals surface area contributed by atoms with Crippen LogP contribution < -0.4 is 9.62 Å². The molecule has 0 aromatic heterocycles. The van der Waals surface area contributed by atoms with Gasteiger partial charge in [-0.25, -0.2) is 8.42 Å². The summed E-state index contributed by atoms with van der Waals surface area (Å²) in [7, 11) is -3.56. The maximum absolute atomic E-state index is 13.8. The second-order valence-electron chi connectivity index (χ2n) is 10.7. The Morgan fingerprint density at radius 3 is 1.93 bits per heavy atom. The molecule has 0 saturated heterocycles. The summed E-state index contributed by atoms with van der Waals surface area (Å²) in [5.74, 6) is -0.409. The van der Waals surface area contributed by atoms with Crippen molar-refractivity contribution in [2.75, 3.05) is 17.1 Å². The number of nitrogens with zero attached hydrogens (tertiary/aromatic N) is 2. The number of anilines is 1. The second kappa shape index (κ2) is 14.1. The second-order valence-corrected chi connectivity index (χ2v) is 12.6. The Hall–Kier alpha value is -3.65. The zero-order chi connectivity index (χ0) is 29.3. The molecule has 0 saturated carbocycles. The molecule has 8 heteroatoms. The number of hydrogen-bond donors (Lipinski definition) is 1. The molecule has 0 aliphatic carbocycles. The Morgan fingerprint density at radius 2 is 1.40 bits per heavy atom. The zero-order valence-electron chi connectivity index (χ0n) is 24.1. The van der Waals surface area contributed by atoms with Crippen LogP contribution >= 0.6 is 0 Å². The van der Waals surface area contributed by atoms with E-state index < -0.39 is 16.1 Å². The number of hydrogen-bond acceptors (Lipinski definition) is 4. The van der Waals surface area contributed by atoms with Crippen molar-refractivity contribution in [2.45, 2.75) is 65.6 Å². The van der Waals surface area contributed by atoms with Crippen molar-refractivity contribution in [3.8, 4) is 0 Å². The summed E-state index contributed by atoms with van der Waals surface area (Å²) >= 11 is 0. The molecule has 1 N–H and O–H groups in total. The summed E-state index contributed by atoms with van der Waals surface area (Å²) < 4.78 is 26.7. The average Bonchev–Trinajstić information content (AvgIpc) is 2.88. The van der Waals surface area contributed by atoms with Gasteiger partial charge in [0.05, 0.1) is 11.9 Å². The van der Waals surface area contributed by atoms with Gasteiger partial charge >= 0.3 is 0 Å². The Kier molecular flexibility index (Phi) is 10.9. The Bertz CT molecular complexity index is 1360. The highest BCUT2D eigenvalue weighted by molar-refractivity contribution is 7.92. The summed E-state index contributed by atoms with van der Waals surface area (Å²) in [4.78, 5) is 28.9. The molecule has 3 aromatic rings. The lowest BCUT2D eigenvalue weighted by Gasteiger charge is -2.32. The van der Waals surface area contributed by atoms with Crippen LogP contribution in [-0.4, -0.2) is 50.0 Å². The molecule has 0 fully saturated rings. The molecule has 3 aromatic carbocycles. The number of rotatable bonds is 13. The quantitative estimate of drug-likeness (QED) is 0.317. The summed E-state index contributed by atoms with van der Waals surface area (Å²) in [5, 5.41) is 2.99. The lowest BCUT2D eigenvalue weighted by Crippen LogP contribution is -2.51. The number of carbonyl (C=O) groups excluding carboxylic acids is 2. The third-order valence-corrected chi connectivity index (χ3v) is 7.74. The molecule has 1 unspecified atom stereocenters.